The van der Waals surface area contributed by atoms with Gasteiger partial charge < -0.3 is 10.6 Å². The SMILES string of the molecule is [N-]=[N+]=NCC1CC(=O)N(CCCCCCCCN)C1. The van der Waals surface area contributed by atoms with Gasteiger partial charge in [0.25, 0.3) is 0 Å². The normalized spacial score (nSPS) is 18.7. The summed E-state index contributed by atoms with van der Waals surface area (Å²) >= 11 is 0. The van der Waals surface area contributed by atoms with E-state index in [9.17, 15) is 4.79 Å². The molecule has 0 aliphatic carbocycles. The molecule has 1 unspecified atom stereocenters. The zero-order valence-corrected chi connectivity index (χ0v) is 11.6. The van der Waals surface area contributed by atoms with E-state index < -0.39 is 0 Å². The highest BCUT2D eigenvalue weighted by Gasteiger charge is 2.28. The molecule has 6 nitrogen and oxygen atoms in total. The van der Waals surface area contributed by atoms with Gasteiger partial charge in [0.15, 0.2) is 0 Å². The first-order valence-electron chi connectivity index (χ1n) is 7.26. The van der Waals surface area contributed by atoms with Crippen LogP contribution in [0.3, 0.4) is 0 Å². The van der Waals surface area contributed by atoms with E-state index >= 15 is 0 Å². The molecule has 1 aliphatic rings. The molecule has 1 saturated heterocycles. The highest BCUT2D eigenvalue weighted by molar-refractivity contribution is 5.78. The number of nitrogens with two attached hydrogens (primary N) is 1. The standard InChI is InChI=1S/C13H25N5O/c14-7-5-3-1-2-4-6-8-18-11-12(9-13(18)19)10-16-17-15/h12H,1-11,14H2. The smallest absolute Gasteiger partial charge is 0.222 e. The van der Waals surface area contributed by atoms with Gasteiger partial charge in [0, 0.05) is 31.0 Å². The Morgan fingerprint density at radius 1 is 1.26 bits per heavy atom. The molecule has 1 rings (SSSR count). The monoisotopic (exact) mass is 267 g/mol. The molecule has 0 aromatic carbocycles. The number of carbonyl (C=O) groups is 1. The van der Waals surface area contributed by atoms with Crippen molar-refractivity contribution in [2.45, 2.75) is 44.9 Å². The Balaban J connectivity index is 2.06. The lowest BCUT2D eigenvalue weighted by Crippen LogP contribution is -2.26. The van der Waals surface area contributed by atoms with Crippen molar-refractivity contribution in [2.24, 2.45) is 16.8 Å². The van der Waals surface area contributed by atoms with E-state index in [1.165, 1.54) is 25.7 Å². The lowest BCUT2D eigenvalue weighted by atomic mass is 10.1. The third-order valence-electron chi connectivity index (χ3n) is 3.58. The molecular weight excluding hydrogens is 242 g/mol. The molecule has 1 amide bonds. The first-order chi connectivity index (χ1) is 9.27. The fraction of sp³-hybridized carbons (Fsp3) is 0.923. The summed E-state index contributed by atoms with van der Waals surface area (Å²) in [5.41, 5.74) is 13.7. The minimum absolute atomic E-state index is 0.210. The Morgan fingerprint density at radius 3 is 2.63 bits per heavy atom. The topological polar surface area (TPSA) is 95.1 Å². The van der Waals surface area contributed by atoms with Crippen molar-refractivity contribution in [2.75, 3.05) is 26.2 Å². The maximum absolute atomic E-state index is 11.7. The first kappa shape index (κ1) is 15.8. The Morgan fingerprint density at radius 2 is 1.95 bits per heavy atom. The molecule has 19 heavy (non-hydrogen) atoms. The van der Waals surface area contributed by atoms with Crippen LogP contribution in [0, 0.1) is 5.92 Å². The van der Waals surface area contributed by atoms with Gasteiger partial charge >= 0.3 is 0 Å². The van der Waals surface area contributed by atoms with Gasteiger partial charge in [-0.25, -0.2) is 0 Å². The van der Waals surface area contributed by atoms with Gasteiger partial charge in [0.1, 0.15) is 0 Å². The van der Waals surface area contributed by atoms with Gasteiger partial charge in [-0.1, -0.05) is 30.8 Å². The minimum Gasteiger partial charge on any atom is -0.342 e. The third-order valence-corrected chi connectivity index (χ3v) is 3.58. The number of hydrogen-bond acceptors (Lipinski definition) is 3. The van der Waals surface area contributed by atoms with Crippen molar-refractivity contribution in [3.8, 4) is 0 Å². The lowest BCUT2D eigenvalue weighted by molar-refractivity contribution is -0.127. The molecule has 1 heterocycles. The highest BCUT2D eigenvalue weighted by atomic mass is 16.2. The molecule has 0 radical (unpaired) electrons. The van der Waals surface area contributed by atoms with Crippen LogP contribution in [0.25, 0.3) is 10.4 Å². The van der Waals surface area contributed by atoms with E-state index in [2.05, 4.69) is 10.0 Å². The molecule has 0 aromatic heterocycles. The average Bonchev–Trinajstić information content (AvgIpc) is 2.76. The molecule has 0 bridgehead atoms. The van der Waals surface area contributed by atoms with Gasteiger partial charge in [-0.15, -0.1) is 0 Å². The summed E-state index contributed by atoms with van der Waals surface area (Å²) in [7, 11) is 0. The van der Waals surface area contributed by atoms with Gasteiger partial charge in [0.2, 0.25) is 5.91 Å². The summed E-state index contributed by atoms with van der Waals surface area (Å²) in [5, 5.41) is 3.55. The zero-order valence-electron chi connectivity index (χ0n) is 11.6. The highest BCUT2D eigenvalue weighted by Crippen LogP contribution is 2.19. The van der Waals surface area contributed by atoms with Crippen molar-refractivity contribution in [1.82, 2.24) is 4.90 Å². The summed E-state index contributed by atoms with van der Waals surface area (Å²) in [6.45, 7) is 2.83. The molecular formula is C13H25N5O. The van der Waals surface area contributed by atoms with E-state index in [4.69, 9.17) is 11.3 Å². The largest absolute Gasteiger partial charge is 0.342 e. The lowest BCUT2D eigenvalue weighted by Gasteiger charge is -2.16. The second-order valence-corrected chi connectivity index (χ2v) is 5.23. The van der Waals surface area contributed by atoms with E-state index in [0.29, 0.717) is 13.0 Å². The summed E-state index contributed by atoms with van der Waals surface area (Å²) in [6, 6.07) is 0. The molecule has 1 atom stereocenters. The van der Waals surface area contributed by atoms with Crippen LogP contribution in [0.15, 0.2) is 5.11 Å². The van der Waals surface area contributed by atoms with E-state index in [1.54, 1.807) is 0 Å². The number of rotatable bonds is 10. The summed E-state index contributed by atoms with van der Waals surface area (Å²) in [5.74, 6) is 0.425. The predicted octanol–water partition coefficient (Wildman–Crippen LogP) is 2.44. The Hall–Kier alpha value is -1.26. The molecule has 6 heteroatoms. The van der Waals surface area contributed by atoms with Crippen LogP contribution in [-0.2, 0) is 4.79 Å². The van der Waals surface area contributed by atoms with Crippen LogP contribution in [0.5, 0.6) is 0 Å². The van der Waals surface area contributed by atoms with Crippen LogP contribution in [-0.4, -0.2) is 37.0 Å². The molecule has 1 aliphatic heterocycles. The number of amides is 1. The first-order valence-corrected chi connectivity index (χ1v) is 7.26. The van der Waals surface area contributed by atoms with E-state index in [1.807, 2.05) is 4.90 Å². The third kappa shape index (κ3) is 6.45. The summed E-state index contributed by atoms with van der Waals surface area (Å²) < 4.78 is 0. The second-order valence-electron chi connectivity index (χ2n) is 5.23. The number of hydrogen-bond donors (Lipinski definition) is 1. The maximum atomic E-state index is 11.7. The number of likely N-dealkylation sites (tertiary alicyclic amines) is 1. The fourth-order valence-electron chi connectivity index (χ4n) is 2.50. The van der Waals surface area contributed by atoms with Gasteiger partial charge in [0.05, 0.1) is 0 Å². The van der Waals surface area contributed by atoms with Crippen LogP contribution in [0.2, 0.25) is 0 Å². The molecule has 1 fully saturated rings. The molecule has 0 saturated carbocycles. The van der Waals surface area contributed by atoms with Gasteiger partial charge in [-0.05, 0) is 30.8 Å². The van der Waals surface area contributed by atoms with Crippen LogP contribution in [0.1, 0.15) is 44.9 Å². The quantitative estimate of drug-likeness (QED) is 0.285. The average molecular weight is 267 g/mol. The summed E-state index contributed by atoms with van der Waals surface area (Å²) in [4.78, 5) is 16.4. The Labute approximate surface area is 115 Å². The van der Waals surface area contributed by atoms with Crippen molar-refractivity contribution >= 4 is 5.91 Å². The Bertz CT molecular complexity index is 314. The van der Waals surface area contributed by atoms with Crippen LogP contribution in [0.4, 0.5) is 0 Å². The summed E-state index contributed by atoms with van der Waals surface area (Å²) in [6.07, 6.45) is 7.58. The molecule has 108 valence electrons. The van der Waals surface area contributed by atoms with E-state index in [0.717, 1.165) is 32.5 Å². The van der Waals surface area contributed by atoms with Gasteiger partial charge in [-0.2, -0.15) is 0 Å². The van der Waals surface area contributed by atoms with Crippen molar-refractivity contribution < 1.29 is 4.79 Å². The number of carbonyl (C=O) groups excluding carboxylic acids is 1. The number of azide groups is 1. The van der Waals surface area contributed by atoms with E-state index in [-0.39, 0.29) is 11.8 Å². The van der Waals surface area contributed by atoms with Crippen molar-refractivity contribution in [3.05, 3.63) is 10.4 Å². The molecule has 0 spiro atoms. The van der Waals surface area contributed by atoms with Crippen molar-refractivity contribution in [3.63, 3.8) is 0 Å². The zero-order chi connectivity index (χ0) is 13.9. The fourth-order valence-corrected chi connectivity index (χ4v) is 2.50. The number of unbranched alkanes of at least 4 members (excludes halogenated alkanes) is 5. The van der Waals surface area contributed by atoms with Gasteiger partial charge in [-0.3, -0.25) is 4.79 Å². The maximum Gasteiger partial charge on any atom is 0.222 e. The molecule has 0 aromatic rings. The Kier molecular flexibility index (Phi) is 8.02. The van der Waals surface area contributed by atoms with Crippen LogP contribution < -0.4 is 5.73 Å². The predicted molar refractivity (Wildman–Crippen MR) is 75.5 cm³/mol. The van der Waals surface area contributed by atoms with Crippen LogP contribution >= 0.6 is 0 Å². The van der Waals surface area contributed by atoms with Crippen molar-refractivity contribution in [1.29, 1.82) is 0 Å². The number of nitrogens with zero attached hydrogens (tertiary/aromatic N) is 4. The second kappa shape index (κ2) is 9.64. The molecule has 2 N–H and O–H groups in total. The minimum atomic E-state index is 0.210.